The van der Waals surface area contributed by atoms with Gasteiger partial charge >= 0.3 is 0 Å². The molecular weight excluding hydrogens is 274 g/mol. The molecular formula is C16H20ClNO2. The van der Waals surface area contributed by atoms with Gasteiger partial charge in [-0.2, -0.15) is 0 Å². The molecule has 1 aliphatic rings. The topological polar surface area (TPSA) is 49.3 Å². The van der Waals surface area contributed by atoms with Crippen LogP contribution in [0.5, 0.6) is 0 Å². The van der Waals surface area contributed by atoms with Gasteiger partial charge in [0.25, 0.3) is 0 Å². The highest BCUT2D eigenvalue weighted by molar-refractivity contribution is 6.30. The molecule has 1 amide bonds. The van der Waals surface area contributed by atoms with Gasteiger partial charge in [-0.3, -0.25) is 4.79 Å². The van der Waals surface area contributed by atoms with E-state index in [0.717, 1.165) is 18.4 Å². The zero-order chi connectivity index (χ0) is 14.5. The number of benzene rings is 1. The maximum Gasteiger partial charge on any atom is 0.247 e. The van der Waals surface area contributed by atoms with Crippen LogP contribution in [0.25, 0.3) is 6.08 Å². The molecule has 0 heterocycles. The highest BCUT2D eigenvalue weighted by Crippen LogP contribution is 2.34. The summed E-state index contributed by atoms with van der Waals surface area (Å²) in [5.74, 6) is 0.472. The van der Waals surface area contributed by atoms with Crippen molar-refractivity contribution >= 4 is 23.6 Å². The van der Waals surface area contributed by atoms with E-state index in [9.17, 15) is 4.79 Å². The number of rotatable bonds is 6. The first-order chi connectivity index (χ1) is 9.60. The van der Waals surface area contributed by atoms with Gasteiger partial charge in [-0.1, -0.05) is 23.7 Å². The van der Waals surface area contributed by atoms with E-state index < -0.39 is 0 Å². The monoisotopic (exact) mass is 293 g/mol. The molecule has 0 aliphatic heterocycles. The van der Waals surface area contributed by atoms with E-state index in [1.165, 1.54) is 0 Å². The molecule has 0 radical (unpaired) electrons. The lowest BCUT2D eigenvalue weighted by Gasteiger charge is -2.17. The number of aliphatic hydroxyl groups is 1. The van der Waals surface area contributed by atoms with Crippen LogP contribution in [0.3, 0.4) is 0 Å². The molecule has 0 spiro atoms. The van der Waals surface area contributed by atoms with Crippen LogP contribution in [-0.4, -0.2) is 23.7 Å². The van der Waals surface area contributed by atoms with Gasteiger partial charge in [-0.05, 0) is 55.9 Å². The van der Waals surface area contributed by atoms with Crippen molar-refractivity contribution in [3.05, 3.63) is 40.4 Å². The quantitative estimate of drug-likeness (QED) is 0.792. The van der Waals surface area contributed by atoms with Gasteiger partial charge in [-0.15, -0.1) is 0 Å². The fourth-order valence-corrected chi connectivity index (χ4v) is 2.35. The van der Waals surface area contributed by atoms with Crippen molar-refractivity contribution in [1.29, 1.82) is 0 Å². The van der Waals surface area contributed by atoms with Gasteiger partial charge in [0.05, 0.1) is 0 Å². The van der Waals surface area contributed by atoms with Crippen LogP contribution < -0.4 is 5.32 Å². The smallest absolute Gasteiger partial charge is 0.247 e. The third-order valence-electron chi connectivity index (χ3n) is 3.56. The van der Waals surface area contributed by atoms with Crippen LogP contribution in [0, 0.1) is 5.92 Å². The minimum absolute atomic E-state index is 0.0645. The molecule has 1 unspecified atom stereocenters. The normalized spacial score (nSPS) is 16.9. The van der Waals surface area contributed by atoms with Crippen LogP contribution in [0.1, 0.15) is 31.7 Å². The largest absolute Gasteiger partial charge is 0.396 e. The zero-order valence-electron chi connectivity index (χ0n) is 11.6. The summed E-state index contributed by atoms with van der Waals surface area (Å²) in [6.07, 6.45) is 4.76. The molecule has 1 atom stereocenters. The molecule has 20 heavy (non-hydrogen) atoms. The summed E-state index contributed by atoms with van der Waals surface area (Å²) in [5.41, 5.74) is 1.61. The fraction of sp³-hybridized carbons (Fsp3) is 0.438. The van der Waals surface area contributed by atoms with Crippen molar-refractivity contribution in [3.8, 4) is 0 Å². The van der Waals surface area contributed by atoms with Crippen molar-refractivity contribution in [2.24, 2.45) is 5.92 Å². The van der Waals surface area contributed by atoms with Crippen LogP contribution in [-0.2, 0) is 4.79 Å². The van der Waals surface area contributed by atoms with E-state index >= 15 is 0 Å². The number of carbonyl (C=O) groups is 1. The lowest BCUT2D eigenvalue weighted by Crippen LogP contribution is -2.37. The Labute approximate surface area is 124 Å². The minimum atomic E-state index is -0.0645. The molecule has 1 aromatic carbocycles. The van der Waals surface area contributed by atoms with E-state index in [4.69, 9.17) is 16.7 Å². The second-order valence-electron chi connectivity index (χ2n) is 5.31. The molecule has 4 heteroatoms. The van der Waals surface area contributed by atoms with Crippen LogP contribution in [0.15, 0.2) is 29.8 Å². The average Bonchev–Trinajstić information content (AvgIpc) is 3.25. The van der Waals surface area contributed by atoms with Gasteiger partial charge in [0.1, 0.15) is 0 Å². The fourth-order valence-electron chi connectivity index (χ4n) is 2.22. The lowest BCUT2D eigenvalue weighted by molar-refractivity contribution is -0.118. The Morgan fingerprint density at radius 1 is 1.45 bits per heavy atom. The predicted molar refractivity (Wildman–Crippen MR) is 81.5 cm³/mol. The average molecular weight is 294 g/mol. The van der Waals surface area contributed by atoms with E-state index in [-0.39, 0.29) is 18.6 Å². The Balaban J connectivity index is 1.98. The SMILES string of the molecule is C/C(=C/c1ccc(Cl)cc1)C(=O)NC(CCO)C1CC1. The minimum Gasteiger partial charge on any atom is -0.396 e. The third kappa shape index (κ3) is 4.36. The van der Waals surface area contributed by atoms with Gasteiger partial charge < -0.3 is 10.4 Å². The number of hydrogen-bond donors (Lipinski definition) is 2. The Morgan fingerprint density at radius 3 is 2.65 bits per heavy atom. The number of amides is 1. The summed E-state index contributed by atoms with van der Waals surface area (Å²) in [6.45, 7) is 1.91. The first-order valence-electron chi connectivity index (χ1n) is 6.95. The molecule has 1 aliphatic carbocycles. The molecule has 2 rings (SSSR count). The lowest BCUT2D eigenvalue weighted by atomic mass is 10.1. The van der Waals surface area contributed by atoms with Gasteiger partial charge in [0.15, 0.2) is 0 Å². The highest BCUT2D eigenvalue weighted by Gasteiger charge is 2.31. The zero-order valence-corrected chi connectivity index (χ0v) is 12.4. The number of aliphatic hydroxyl groups excluding tert-OH is 1. The molecule has 1 saturated carbocycles. The van der Waals surface area contributed by atoms with Crippen molar-refractivity contribution in [1.82, 2.24) is 5.32 Å². The molecule has 0 saturated heterocycles. The Hall–Kier alpha value is -1.32. The predicted octanol–water partition coefficient (Wildman–Crippen LogP) is 3.02. The molecule has 2 N–H and O–H groups in total. The van der Waals surface area contributed by atoms with E-state index in [2.05, 4.69) is 5.32 Å². The first-order valence-corrected chi connectivity index (χ1v) is 7.33. The number of halogens is 1. The molecule has 1 fully saturated rings. The van der Waals surface area contributed by atoms with Crippen LogP contribution in [0.2, 0.25) is 5.02 Å². The second kappa shape index (κ2) is 6.91. The Kier molecular flexibility index (Phi) is 5.21. The van der Waals surface area contributed by atoms with E-state index in [1.54, 1.807) is 19.1 Å². The van der Waals surface area contributed by atoms with E-state index in [0.29, 0.717) is 22.9 Å². The standard InChI is InChI=1S/C16H20ClNO2/c1-11(10-12-2-6-14(17)7-3-12)16(20)18-15(8-9-19)13-4-5-13/h2-3,6-7,10,13,15,19H,4-5,8-9H2,1H3,(H,18,20)/b11-10-. The third-order valence-corrected chi connectivity index (χ3v) is 3.81. The summed E-state index contributed by atoms with van der Waals surface area (Å²) in [5, 5.41) is 12.7. The molecule has 108 valence electrons. The first kappa shape index (κ1) is 15.1. The van der Waals surface area contributed by atoms with Crippen molar-refractivity contribution in [2.75, 3.05) is 6.61 Å². The highest BCUT2D eigenvalue weighted by atomic mass is 35.5. The Morgan fingerprint density at radius 2 is 2.10 bits per heavy atom. The second-order valence-corrected chi connectivity index (χ2v) is 5.75. The van der Waals surface area contributed by atoms with Crippen LogP contribution >= 0.6 is 11.6 Å². The summed E-state index contributed by atoms with van der Waals surface area (Å²) in [4.78, 5) is 12.1. The molecule has 1 aromatic rings. The van der Waals surface area contributed by atoms with Gasteiger partial charge in [-0.25, -0.2) is 0 Å². The molecule has 0 bridgehead atoms. The summed E-state index contributed by atoms with van der Waals surface area (Å²) in [6, 6.07) is 7.46. The van der Waals surface area contributed by atoms with Crippen molar-refractivity contribution in [3.63, 3.8) is 0 Å². The van der Waals surface area contributed by atoms with E-state index in [1.807, 2.05) is 18.2 Å². The summed E-state index contributed by atoms with van der Waals surface area (Å²) >= 11 is 5.83. The van der Waals surface area contributed by atoms with Crippen molar-refractivity contribution < 1.29 is 9.90 Å². The van der Waals surface area contributed by atoms with Gasteiger partial charge in [0.2, 0.25) is 5.91 Å². The number of hydrogen-bond acceptors (Lipinski definition) is 2. The van der Waals surface area contributed by atoms with Crippen LogP contribution in [0.4, 0.5) is 0 Å². The summed E-state index contributed by atoms with van der Waals surface area (Å²) in [7, 11) is 0. The Bertz CT molecular complexity index is 492. The van der Waals surface area contributed by atoms with Crippen molar-refractivity contribution in [2.45, 2.75) is 32.2 Å². The summed E-state index contributed by atoms with van der Waals surface area (Å²) < 4.78 is 0. The number of carbonyl (C=O) groups excluding carboxylic acids is 1. The maximum absolute atomic E-state index is 12.1. The molecule has 0 aromatic heterocycles. The van der Waals surface area contributed by atoms with Gasteiger partial charge in [0, 0.05) is 23.2 Å². The number of nitrogens with one attached hydrogen (secondary N) is 1. The molecule has 3 nitrogen and oxygen atoms in total. The maximum atomic E-state index is 12.1.